The van der Waals surface area contributed by atoms with Gasteiger partial charge in [0.25, 0.3) is 0 Å². The summed E-state index contributed by atoms with van der Waals surface area (Å²) in [7, 11) is 0. The second-order valence-corrected chi connectivity index (χ2v) is 7.84. The molecule has 5 heteroatoms. The van der Waals surface area contributed by atoms with Crippen LogP contribution < -0.4 is 0 Å². The van der Waals surface area contributed by atoms with E-state index in [0.29, 0.717) is 16.7 Å². The number of aryl methyl sites for hydroxylation is 1. The molecular weight excluding hydrogens is 401 g/mol. The number of benzene rings is 3. The summed E-state index contributed by atoms with van der Waals surface area (Å²) in [4.78, 5) is 12.0. The quantitative estimate of drug-likeness (QED) is 0.417. The third-order valence-corrected chi connectivity index (χ3v) is 5.14. The molecule has 2 nitrogen and oxygen atoms in total. The Balaban J connectivity index is 2.15. The maximum atomic E-state index is 12.9. The van der Waals surface area contributed by atoms with E-state index in [1.807, 2.05) is 43.3 Å². The third-order valence-electron chi connectivity index (χ3n) is 5.14. The van der Waals surface area contributed by atoms with Crippen LogP contribution in [0.4, 0.5) is 13.2 Å². The smallest absolute Gasteiger partial charge is 0.416 e. The average molecular weight is 424 g/mol. The van der Waals surface area contributed by atoms with Crippen molar-refractivity contribution in [1.29, 1.82) is 0 Å². The first kappa shape index (κ1) is 22.3. The van der Waals surface area contributed by atoms with Gasteiger partial charge in [-0.05, 0) is 66.3 Å². The van der Waals surface area contributed by atoms with Crippen molar-refractivity contribution in [2.75, 3.05) is 0 Å². The molecular formula is C26H23F3O2. The van der Waals surface area contributed by atoms with Gasteiger partial charge in [0.05, 0.1) is 11.5 Å². The molecule has 3 rings (SSSR count). The van der Waals surface area contributed by atoms with Crippen LogP contribution in [0.1, 0.15) is 36.0 Å². The minimum absolute atomic E-state index is 0.277. The fourth-order valence-electron chi connectivity index (χ4n) is 3.48. The van der Waals surface area contributed by atoms with Crippen LogP contribution in [-0.2, 0) is 11.0 Å². The molecule has 0 heterocycles. The van der Waals surface area contributed by atoms with Crippen LogP contribution >= 0.6 is 0 Å². The van der Waals surface area contributed by atoms with Crippen molar-refractivity contribution in [3.63, 3.8) is 0 Å². The molecule has 1 atom stereocenters. The van der Waals surface area contributed by atoms with Crippen LogP contribution in [0, 0.1) is 6.92 Å². The Kier molecular flexibility index (Phi) is 6.34. The van der Waals surface area contributed by atoms with Gasteiger partial charge in [-0.2, -0.15) is 13.2 Å². The number of carboxylic acid groups (broad SMARTS) is 1. The largest absolute Gasteiger partial charge is 0.481 e. The van der Waals surface area contributed by atoms with Crippen molar-refractivity contribution in [3.8, 4) is 22.3 Å². The van der Waals surface area contributed by atoms with E-state index in [2.05, 4.69) is 6.58 Å². The number of rotatable bonds is 6. The van der Waals surface area contributed by atoms with Gasteiger partial charge in [0.1, 0.15) is 0 Å². The standard InChI is InChI=1S/C26H23F3O2/c1-16(2)12-24(25(30)31)22-14-20(18-6-4-17(3)5-7-18)13-21(15-22)19-8-10-23(11-9-19)26(27,28)29/h4-11,13-15,24H,1,12H2,2-3H3,(H,30,31). The average Bonchev–Trinajstić information content (AvgIpc) is 2.71. The minimum atomic E-state index is -4.41. The van der Waals surface area contributed by atoms with Crippen LogP contribution in [0.3, 0.4) is 0 Å². The van der Waals surface area contributed by atoms with E-state index in [0.717, 1.165) is 34.4 Å². The summed E-state index contributed by atoms with van der Waals surface area (Å²) in [6.07, 6.45) is -4.14. The van der Waals surface area contributed by atoms with E-state index >= 15 is 0 Å². The van der Waals surface area contributed by atoms with Crippen molar-refractivity contribution in [1.82, 2.24) is 0 Å². The molecule has 0 aliphatic carbocycles. The number of alkyl halides is 3. The van der Waals surface area contributed by atoms with Gasteiger partial charge in [0.15, 0.2) is 0 Å². The second-order valence-electron chi connectivity index (χ2n) is 7.84. The van der Waals surface area contributed by atoms with E-state index < -0.39 is 23.6 Å². The van der Waals surface area contributed by atoms with Gasteiger partial charge in [-0.3, -0.25) is 4.79 Å². The Morgan fingerprint density at radius 2 is 1.39 bits per heavy atom. The maximum absolute atomic E-state index is 12.9. The predicted octanol–water partition coefficient (Wildman–Crippen LogP) is 7.48. The number of carbonyl (C=O) groups is 1. The van der Waals surface area contributed by atoms with Crippen LogP contribution in [0.5, 0.6) is 0 Å². The third kappa shape index (κ3) is 5.43. The SMILES string of the molecule is C=C(C)CC(C(=O)O)c1cc(-c2ccc(C)cc2)cc(-c2ccc(C(F)(F)F)cc2)c1. The molecule has 1 unspecified atom stereocenters. The Bertz CT molecular complexity index is 1090. The number of hydrogen-bond donors (Lipinski definition) is 1. The summed E-state index contributed by atoms with van der Waals surface area (Å²) in [6, 6.07) is 18.2. The zero-order valence-corrected chi connectivity index (χ0v) is 17.3. The second kappa shape index (κ2) is 8.80. The highest BCUT2D eigenvalue weighted by atomic mass is 19.4. The fraction of sp³-hybridized carbons (Fsp3) is 0.192. The van der Waals surface area contributed by atoms with Gasteiger partial charge in [-0.25, -0.2) is 0 Å². The van der Waals surface area contributed by atoms with Gasteiger partial charge in [0.2, 0.25) is 0 Å². The lowest BCUT2D eigenvalue weighted by molar-refractivity contribution is -0.139. The zero-order valence-electron chi connectivity index (χ0n) is 17.3. The van der Waals surface area contributed by atoms with Gasteiger partial charge in [-0.1, -0.05) is 59.7 Å². The molecule has 0 radical (unpaired) electrons. The summed E-state index contributed by atoms with van der Waals surface area (Å²) in [5.41, 5.74) is 4.65. The molecule has 31 heavy (non-hydrogen) atoms. The van der Waals surface area contributed by atoms with Crippen molar-refractivity contribution < 1.29 is 23.1 Å². The van der Waals surface area contributed by atoms with Gasteiger partial charge < -0.3 is 5.11 Å². The highest BCUT2D eigenvalue weighted by Gasteiger charge is 2.30. The normalized spacial score (nSPS) is 12.4. The van der Waals surface area contributed by atoms with Crippen LogP contribution in [-0.4, -0.2) is 11.1 Å². The molecule has 3 aromatic carbocycles. The highest BCUT2D eigenvalue weighted by molar-refractivity contribution is 5.81. The lowest BCUT2D eigenvalue weighted by Crippen LogP contribution is -2.12. The summed E-state index contributed by atoms with van der Waals surface area (Å²) >= 11 is 0. The van der Waals surface area contributed by atoms with E-state index in [-0.39, 0.29) is 6.42 Å². The lowest BCUT2D eigenvalue weighted by Gasteiger charge is -2.17. The molecule has 3 aromatic rings. The molecule has 0 aliphatic heterocycles. The first-order valence-electron chi connectivity index (χ1n) is 9.81. The monoisotopic (exact) mass is 424 g/mol. The van der Waals surface area contributed by atoms with Gasteiger partial charge >= 0.3 is 12.1 Å². The van der Waals surface area contributed by atoms with Crippen molar-refractivity contribution >= 4 is 5.97 Å². The van der Waals surface area contributed by atoms with E-state index in [4.69, 9.17) is 0 Å². The first-order chi connectivity index (χ1) is 14.5. The molecule has 0 amide bonds. The Morgan fingerprint density at radius 3 is 1.81 bits per heavy atom. The van der Waals surface area contributed by atoms with Crippen LogP contribution in [0.15, 0.2) is 78.9 Å². The minimum Gasteiger partial charge on any atom is -0.481 e. The van der Waals surface area contributed by atoms with Crippen molar-refractivity contribution in [2.24, 2.45) is 0 Å². The zero-order chi connectivity index (χ0) is 22.8. The molecule has 0 spiro atoms. The van der Waals surface area contributed by atoms with E-state index in [1.165, 1.54) is 12.1 Å². The van der Waals surface area contributed by atoms with Crippen molar-refractivity contribution in [3.05, 3.63) is 95.6 Å². The van der Waals surface area contributed by atoms with E-state index in [9.17, 15) is 23.1 Å². The van der Waals surface area contributed by atoms with Crippen LogP contribution in [0.25, 0.3) is 22.3 Å². The van der Waals surface area contributed by atoms with Gasteiger partial charge in [0, 0.05) is 0 Å². The number of carboxylic acids is 1. The molecule has 1 N–H and O–H groups in total. The Labute approximate surface area is 179 Å². The highest BCUT2D eigenvalue weighted by Crippen LogP contribution is 2.35. The maximum Gasteiger partial charge on any atom is 0.416 e. The molecule has 0 aliphatic rings. The fourth-order valence-corrected chi connectivity index (χ4v) is 3.48. The van der Waals surface area contributed by atoms with Gasteiger partial charge in [-0.15, -0.1) is 6.58 Å². The number of aliphatic carboxylic acids is 1. The Morgan fingerprint density at radius 1 is 0.903 bits per heavy atom. The molecule has 0 saturated carbocycles. The lowest BCUT2D eigenvalue weighted by atomic mass is 9.87. The Hall–Kier alpha value is -3.34. The van der Waals surface area contributed by atoms with Crippen molar-refractivity contribution in [2.45, 2.75) is 32.4 Å². The number of hydrogen-bond acceptors (Lipinski definition) is 1. The summed E-state index contributed by atoms with van der Waals surface area (Å²) in [6.45, 7) is 7.58. The number of allylic oxidation sites excluding steroid dienone is 1. The molecule has 0 saturated heterocycles. The first-order valence-corrected chi connectivity index (χ1v) is 9.81. The topological polar surface area (TPSA) is 37.3 Å². The van der Waals surface area contributed by atoms with Crippen LogP contribution in [0.2, 0.25) is 0 Å². The molecule has 160 valence electrons. The number of halogens is 3. The predicted molar refractivity (Wildman–Crippen MR) is 117 cm³/mol. The summed E-state index contributed by atoms with van der Waals surface area (Å²) in [5.74, 6) is -1.77. The molecule has 0 bridgehead atoms. The summed E-state index contributed by atoms with van der Waals surface area (Å²) in [5, 5.41) is 9.79. The summed E-state index contributed by atoms with van der Waals surface area (Å²) < 4.78 is 38.8. The van der Waals surface area contributed by atoms with E-state index in [1.54, 1.807) is 13.0 Å². The molecule has 0 fully saturated rings. The molecule has 0 aromatic heterocycles.